The number of amides is 1. The fraction of sp³-hybridized carbons (Fsp3) is 0.355. The van der Waals surface area contributed by atoms with Crippen LogP contribution >= 0.6 is 0 Å². The minimum Gasteiger partial charge on any atom is -0.475 e. The van der Waals surface area contributed by atoms with Crippen molar-refractivity contribution in [3.05, 3.63) is 82.7 Å². The number of aromatic amines is 1. The number of alkyl halides is 3. The maximum absolute atomic E-state index is 14.7. The van der Waals surface area contributed by atoms with Gasteiger partial charge in [0, 0.05) is 31.2 Å². The molecule has 1 saturated heterocycles. The van der Waals surface area contributed by atoms with Crippen molar-refractivity contribution in [2.75, 3.05) is 18.8 Å². The van der Waals surface area contributed by atoms with E-state index in [1.54, 1.807) is 17.3 Å². The van der Waals surface area contributed by atoms with E-state index in [4.69, 9.17) is 20.1 Å². The molecule has 0 bridgehead atoms. The molecule has 1 aliphatic rings. The minimum atomic E-state index is -5.08. The fourth-order valence-electron chi connectivity index (χ4n) is 5.41. The van der Waals surface area contributed by atoms with Crippen LogP contribution in [0, 0.1) is 12.7 Å². The van der Waals surface area contributed by atoms with Crippen molar-refractivity contribution < 1.29 is 45.1 Å². The molecule has 0 spiro atoms. The van der Waals surface area contributed by atoms with Gasteiger partial charge in [-0.05, 0) is 97.3 Å². The van der Waals surface area contributed by atoms with Crippen molar-refractivity contribution in [3.8, 4) is 11.1 Å². The van der Waals surface area contributed by atoms with Gasteiger partial charge in [0.05, 0.1) is 23.4 Å². The first kappa shape index (κ1) is 34.7. The number of benzene rings is 2. The third-order valence-corrected chi connectivity index (χ3v) is 9.58. The van der Waals surface area contributed by atoms with Crippen LogP contribution in [0.25, 0.3) is 22.0 Å². The van der Waals surface area contributed by atoms with E-state index in [0.717, 1.165) is 28.0 Å². The Morgan fingerprint density at radius 3 is 2.30 bits per heavy atom. The number of aromatic nitrogens is 1. The summed E-state index contributed by atoms with van der Waals surface area (Å²) in [4.78, 5) is 24.5. The van der Waals surface area contributed by atoms with Gasteiger partial charge < -0.3 is 25.6 Å². The molecule has 3 heterocycles. The number of furan rings is 1. The smallest absolute Gasteiger partial charge is 0.475 e. The molecular formula is C31H34F4N4O6S. The number of rotatable bonds is 9. The van der Waals surface area contributed by atoms with Crippen LogP contribution in [-0.4, -0.2) is 59.7 Å². The molecule has 15 heteroatoms. The van der Waals surface area contributed by atoms with Gasteiger partial charge in [0.1, 0.15) is 17.3 Å². The number of aliphatic carboxylic acids is 1. The number of primary amides is 1. The van der Waals surface area contributed by atoms with E-state index in [0.29, 0.717) is 61.2 Å². The van der Waals surface area contributed by atoms with Gasteiger partial charge in [-0.25, -0.2) is 21.9 Å². The SMILES string of the molecule is CCS(=O)(=O)N1CCC(c2c[nH]c3c(C(N)=O)cc(-c4cc(F)cc(CNCc5ccc(C)o5)c4)cc23)CC1.O=C(O)C(F)(F)F. The van der Waals surface area contributed by atoms with Gasteiger partial charge in [0.2, 0.25) is 10.0 Å². The van der Waals surface area contributed by atoms with Gasteiger partial charge in [-0.3, -0.25) is 4.79 Å². The van der Waals surface area contributed by atoms with Crippen LogP contribution in [0.3, 0.4) is 0 Å². The Hall–Kier alpha value is -4.21. The molecule has 0 unspecified atom stereocenters. The van der Waals surface area contributed by atoms with Crippen LogP contribution in [0.2, 0.25) is 0 Å². The number of piperidine rings is 1. The van der Waals surface area contributed by atoms with Gasteiger partial charge in [-0.2, -0.15) is 13.2 Å². The largest absolute Gasteiger partial charge is 0.490 e. The lowest BCUT2D eigenvalue weighted by atomic mass is 9.88. The molecular weight excluding hydrogens is 632 g/mol. The number of hydrogen-bond donors (Lipinski definition) is 4. The van der Waals surface area contributed by atoms with Gasteiger partial charge >= 0.3 is 12.1 Å². The highest BCUT2D eigenvalue weighted by atomic mass is 32.2. The van der Waals surface area contributed by atoms with Crippen molar-refractivity contribution in [2.45, 2.75) is 51.9 Å². The Morgan fingerprint density at radius 2 is 1.74 bits per heavy atom. The Balaban J connectivity index is 0.000000617. The number of carboxylic acids is 1. The van der Waals surface area contributed by atoms with Crippen LogP contribution in [0.1, 0.15) is 58.7 Å². The van der Waals surface area contributed by atoms with Crippen molar-refractivity contribution in [3.63, 3.8) is 0 Å². The lowest BCUT2D eigenvalue weighted by Crippen LogP contribution is -2.38. The van der Waals surface area contributed by atoms with E-state index in [-0.39, 0.29) is 17.5 Å². The molecule has 1 aliphatic heterocycles. The summed E-state index contributed by atoms with van der Waals surface area (Å²) in [5, 5.41) is 11.2. The second-order valence-corrected chi connectivity index (χ2v) is 13.2. The average molecular weight is 667 g/mol. The molecule has 46 heavy (non-hydrogen) atoms. The second kappa shape index (κ2) is 14.1. The van der Waals surface area contributed by atoms with Gasteiger partial charge in [0.25, 0.3) is 5.91 Å². The number of fused-ring (bicyclic) bond motifs is 1. The number of nitrogens with zero attached hydrogens (tertiary/aromatic N) is 1. The highest BCUT2D eigenvalue weighted by Crippen LogP contribution is 2.37. The van der Waals surface area contributed by atoms with Crippen LogP contribution in [0.15, 0.2) is 53.1 Å². The van der Waals surface area contributed by atoms with Gasteiger partial charge in [-0.1, -0.05) is 0 Å². The van der Waals surface area contributed by atoms with Gasteiger partial charge in [-0.15, -0.1) is 0 Å². The molecule has 248 valence electrons. The number of carboxylic acid groups (broad SMARTS) is 1. The summed E-state index contributed by atoms with van der Waals surface area (Å²) in [5.74, 6) is -1.86. The van der Waals surface area contributed by atoms with Crippen molar-refractivity contribution in [2.24, 2.45) is 5.73 Å². The monoisotopic (exact) mass is 666 g/mol. The van der Waals surface area contributed by atoms with E-state index in [9.17, 15) is 30.8 Å². The molecule has 5 rings (SSSR count). The predicted molar refractivity (Wildman–Crippen MR) is 163 cm³/mol. The third-order valence-electron chi connectivity index (χ3n) is 7.70. The standard InChI is InChI=1S/C29H33FN4O4S.C2HF3O2/c1-3-39(36,37)34-8-6-20(7-9-34)27-17-33-28-25(27)13-22(14-26(28)29(31)35)21-10-19(11-23(30)12-21)15-32-16-24-5-4-18(2)38-24;3-2(4,5)1(6)7/h4-5,10-14,17,20,32-33H,3,6-9,15-16H2,1-2H3,(H2,31,35);(H,6,7). The van der Waals surface area contributed by atoms with Crippen molar-refractivity contribution in [1.29, 1.82) is 0 Å². The molecule has 0 atom stereocenters. The number of carbonyl (C=O) groups is 2. The van der Waals surface area contributed by atoms with Crippen LogP contribution < -0.4 is 11.1 Å². The topological polar surface area (TPSA) is 159 Å². The van der Waals surface area contributed by atoms with E-state index in [1.807, 2.05) is 37.4 Å². The molecule has 0 aliphatic carbocycles. The Bertz CT molecular complexity index is 1830. The number of nitrogens with two attached hydrogens (primary N) is 1. The number of aryl methyl sites for hydroxylation is 1. The maximum atomic E-state index is 14.7. The Labute approximate surface area is 262 Å². The summed E-state index contributed by atoms with van der Waals surface area (Å²) in [6.07, 6.45) is -1.85. The molecule has 1 fully saturated rings. The lowest BCUT2D eigenvalue weighted by molar-refractivity contribution is -0.192. The number of halogens is 4. The van der Waals surface area contributed by atoms with E-state index < -0.39 is 28.1 Å². The zero-order valence-corrected chi connectivity index (χ0v) is 25.9. The van der Waals surface area contributed by atoms with E-state index in [2.05, 4.69) is 10.3 Å². The molecule has 0 radical (unpaired) electrons. The molecule has 4 aromatic rings. The molecule has 2 aromatic heterocycles. The van der Waals surface area contributed by atoms with Crippen LogP contribution in [-0.2, 0) is 27.9 Å². The van der Waals surface area contributed by atoms with Crippen molar-refractivity contribution in [1.82, 2.24) is 14.6 Å². The van der Waals surface area contributed by atoms with Crippen molar-refractivity contribution >= 4 is 32.8 Å². The highest BCUT2D eigenvalue weighted by Gasteiger charge is 2.38. The first-order valence-electron chi connectivity index (χ1n) is 14.4. The average Bonchev–Trinajstić information content (AvgIpc) is 3.62. The number of carbonyl (C=O) groups excluding carboxylic acids is 1. The maximum Gasteiger partial charge on any atom is 0.490 e. The number of sulfonamides is 1. The quantitative estimate of drug-likeness (QED) is 0.174. The second-order valence-electron chi connectivity index (χ2n) is 10.9. The minimum absolute atomic E-state index is 0.0871. The first-order chi connectivity index (χ1) is 21.6. The third kappa shape index (κ3) is 8.33. The summed E-state index contributed by atoms with van der Waals surface area (Å²) < 4.78 is 78.2. The molecule has 1 amide bonds. The zero-order valence-electron chi connectivity index (χ0n) is 25.1. The zero-order chi connectivity index (χ0) is 33.8. The Morgan fingerprint density at radius 1 is 1.09 bits per heavy atom. The number of nitrogens with one attached hydrogen (secondary N) is 2. The molecule has 10 nitrogen and oxygen atoms in total. The van der Waals surface area contributed by atoms with Crippen LogP contribution in [0.5, 0.6) is 0 Å². The summed E-state index contributed by atoms with van der Waals surface area (Å²) in [7, 11) is -3.23. The number of H-pyrrole nitrogens is 1. The van der Waals surface area contributed by atoms with E-state index >= 15 is 0 Å². The summed E-state index contributed by atoms with van der Waals surface area (Å²) in [5.41, 5.74) is 9.81. The first-order valence-corrected chi connectivity index (χ1v) is 16.0. The summed E-state index contributed by atoms with van der Waals surface area (Å²) >= 11 is 0. The summed E-state index contributed by atoms with van der Waals surface area (Å²) in [6.45, 7) is 5.39. The summed E-state index contributed by atoms with van der Waals surface area (Å²) in [6, 6.07) is 12.3. The number of hydrogen-bond acceptors (Lipinski definition) is 6. The van der Waals surface area contributed by atoms with Gasteiger partial charge in [0.15, 0.2) is 0 Å². The normalized spacial score (nSPS) is 14.7. The lowest BCUT2D eigenvalue weighted by Gasteiger charge is -2.31. The Kier molecular flexibility index (Phi) is 10.6. The molecule has 2 aromatic carbocycles. The fourth-order valence-corrected chi connectivity index (χ4v) is 6.54. The molecule has 5 N–H and O–H groups in total. The predicted octanol–water partition coefficient (Wildman–Crippen LogP) is 5.43. The van der Waals surface area contributed by atoms with E-state index in [1.165, 1.54) is 12.1 Å². The molecule has 0 saturated carbocycles. The van der Waals surface area contributed by atoms with Crippen LogP contribution in [0.4, 0.5) is 17.6 Å². The highest BCUT2D eigenvalue weighted by molar-refractivity contribution is 7.89.